The minimum absolute atomic E-state index is 0.0712. The van der Waals surface area contributed by atoms with Crippen molar-refractivity contribution in [1.82, 2.24) is 14.7 Å². The minimum atomic E-state index is -3.28. The molecule has 8 heteroatoms. The summed E-state index contributed by atoms with van der Waals surface area (Å²) in [6.07, 6.45) is 1.17. The van der Waals surface area contributed by atoms with Crippen LogP contribution in [-0.4, -0.2) is 61.4 Å². The van der Waals surface area contributed by atoms with E-state index in [4.69, 9.17) is 0 Å². The molecule has 0 aliphatic carbocycles. The van der Waals surface area contributed by atoms with Crippen molar-refractivity contribution in [2.24, 2.45) is 0 Å². The molecule has 1 amide bonds. The Balaban J connectivity index is 1.52. The summed E-state index contributed by atoms with van der Waals surface area (Å²) in [5, 5.41) is 4.48. The number of anilines is 1. The van der Waals surface area contributed by atoms with E-state index >= 15 is 0 Å². The molecule has 0 atom stereocenters. The number of nitrogens with zero attached hydrogens (tertiary/aromatic N) is 4. The first kappa shape index (κ1) is 22.1. The van der Waals surface area contributed by atoms with E-state index in [1.807, 2.05) is 11.8 Å². The Morgan fingerprint density at radius 1 is 0.906 bits per heavy atom. The molecule has 0 unspecified atom stereocenters. The number of carbonyl (C=O) groups excluding carboxylic acids is 1. The summed E-state index contributed by atoms with van der Waals surface area (Å²) in [5.41, 5.74) is 5.57. The third kappa shape index (κ3) is 4.41. The first-order valence-electron chi connectivity index (χ1n) is 10.6. The van der Waals surface area contributed by atoms with Gasteiger partial charge in [-0.3, -0.25) is 4.79 Å². The molecule has 0 bridgehead atoms. The Hall–Kier alpha value is -3.13. The number of benzene rings is 2. The molecule has 1 aliphatic heterocycles. The summed E-state index contributed by atoms with van der Waals surface area (Å²) < 4.78 is 25.1. The van der Waals surface area contributed by atoms with Gasteiger partial charge in [-0.1, -0.05) is 17.7 Å². The molecule has 0 radical (unpaired) electrons. The number of sulfone groups is 1. The number of hydrogen-bond acceptors (Lipinski definition) is 5. The van der Waals surface area contributed by atoms with Crippen molar-refractivity contribution >= 4 is 21.4 Å². The molecule has 3 aromatic rings. The Kier molecular flexibility index (Phi) is 5.81. The maximum atomic E-state index is 13.3. The molecule has 0 N–H and O–H groups in total. The van der Waals surface area contributed by atoms with Crippen molar-refractivity contribution in [3.63, 3.8) is 0 Å². The number of hydrogen-bond donors (Lipinski definition) is 0. The lowest BCUT2D eigenvalue weighted by molar-refractivity contribution is 0.0737. The second-order valence-electron chi connectivity index (χ2n) is 8.42. The maximum absolute atomic E-state index is 13.3. The van der Waals surface area contributed by atoms with Gasteiger partial charge in [0.15, 0.2) is 9.84 Å². The van der Waals surface area contributed by atoms with Gasteiger partial charge in [0.2, 0.25) is 0 Å². The van der Waals surface area contributed by atoms with Crippen LogP contribution in [-0.2, 0) is 9.84 Å². The number of rotatable bonds is 4. The second-order valence-corrected chi connectivity index (χ2v) is 10.4. The van der Waals surface area contributed by atoms with Gasteiger partial charge in [0.1, 0.15) is 5.69 Å². The van der Waals surface area contributed by atoms with Gasteiger partial charge in [-0.25, -0.2) is 13.1 Å². The molecular formula is C24H28N4O3S. The quantitative estimate of drug-likeness (QED) is 0.608. The van der Waals surface area contributed by atoms with E-state index in [2.05, 4.69) is 42.0 Å². The molecule has 168 valence electrons. The van der Waals surface area contributed by atoms with Gasteiger partial charge in [-0.2, -0.15) is 5.10 Å². The highest BCUT2D eigenvalue weighted by Gasteiger charge is 2.26. The van der Waals surface area contributed by atoms with Crippen LogP contribution in [0.5, 0.6) is 0 Å². The van der Waals surface area contributed by atoms with E-state index < -0.39 is 9.84 Å². The van der Waals surface area contributed by atoms with E-state index in [1.54, 1.807) is 35.0 Å². The van der Waals surface area contributed by atoms with Crippen LogP contribution in [0.2, 0.25) is 0 Å². The van der Waals surface area contributed by atoms with Crippen molar-refractivity contribution in [3.05, 3.63) is 71.0 Å². The fourth-order valence-electron chi connectivity index (χ4n) is 4.16. The van der Waals surface area contributed by atoms with Crippen LogP contribution < -0.4 is 4.90 Å². The second kappa shape index (κ2) is 8.43. The van der Waals surface area contributed by atoms with E-state index in [9.17, 15) is 13.2 Å². The summed E-state index contributed by atoms with van der Waals surface area (Å²) in [7, 11) is -3.28. The lowest BCUT2D eigenvalue weighted by atomic mass is 10.1. The van der Waals surface area contributed by atoms with Crippen LogP contribution in [0.3, 0.4) is 0 Å². The zero-order valence-electron chi connectivity index (χ0n) is 18.9. The van der Waals surface area contributed by atoms with E-state index in [1.165, 1.54) is 23.1 Å². The van der Waals surface area contributed by atoms with Crippen molar-refractivity contribution in [1.29, 1.82) is 0 Å². The van der Waals surface area contributed by atoms with Gasteiger partial charge < -0.3 is 9.80 Å². The fraction of sp³-hybridized carbons (Fsp3) is 0.333. The van der Waals surface area contributed by atoms with E-state index in [0.29, 0.717) is 24.5 Å². The van der Waals surface area contributed by atoms with Crippen LogP contribution in [0.15, 0.2) is 53.4 Å². The molecule has 7 nitrogen and oxygen atoms in total. The number of amides is 1. The van der Waals surface area contributed by atoms with Crippen LogP contribution >= 0.6 is 0 Å². The van der Waals surface area contributed by atoms with Crippen molar-refractivity contribution in [2.75, 3.05) is 37.3 Å². The summed E-state index contributed by atoms with van der Waals surface area (Å²) in [5.74, 6) is -0.0712. The first-order valence-corrected chi connectivity index (χ1v) is 12.5. The normalized spacial score (nSPS) is 14.6. The number of aryl methyl sites for hydroxylation is 3. The van der Waals surface area contributed by atoms with Gasteiger partial charge in [0.25, 0.3) is 5.91 Å². The number of aromatic nitrogens is 2. The Labute approximate surface area is 189 Å². The average molecular weight is 453 g/mol. The summed E-state index contributed by atoms with van der Waals surface area (Å²) in [6.45, 7) is 8.85. The molecule has 1 aliphatic rings. The van der Waals surface area contributed by atoms with Gasteiger partial charge in [-0.15, -0.1) is 0 Å². The molecule has 0 saturated carbocycles. The highest BCUT2D eigenvalue weighted by Crippen LogP contribution is 2.24. The van der Waals surface area contributed by atoms with E-state index in [0.717, 1.165) is 18.8 Å². The summed E-state index contributed by atoms with van der Waals surface area (Å²) in [6, 6.07) is 14.7. The molecule has 4 rings (SSSR count). The molecular weight excluding hydrogens is 424 g/mol. The molecule has 2 heterocycles. The molecule has 0 spiro atoms. The third-order valence-corrected chi connectivity index (χ3v) is 6.95. The molecule has 1 fully saturated rings. The van der Waals surface area contributed by atoms with Gasteiger partial charge >= 0.3 is 0 Å². The minimum Gasteiger partial charge on any atom is -0.368 e. The molecule has 32 heavy (non-hydrogen) atoms. The monoisotopic (exact) mass is 452 g/mol. The highest BCUT2D eigenvalue weighted by molar-refractivity contribution is 7.90. The Morgan fingerprint density at radius 3 is 2.16 bits per heavy atom. The average Bonchev–Trinajstić information content (AvgIpc) is 3.14. The largest absolute Gasteiger partial charge is 0.368 e. The number of piperazine rings is 1. The van der Waals surface area contributed by atoms with Crippen molar-refractivity contribution in [3.8, 4) is 5.69 Å². The smallest absolute Gasteiger partial charge is 0.272 e. The van der Waals surface area contributed by atoms with Crippen LogP contribution in [0, 0.1) is 20.8 Å². The van der Waals surface area contributed by atoms with Crippen LogP contribution in [0.25, 0.3) is 5.69 Å². The predicted octanol–water partition coefficient (Wildman–Crippen LogP) is 3.16. The zero-order chi connectivity index (χ0) is 23.0. The molecule has 1 saturated heterocycles. The van der Waals surface area contributed by atoms with Crippen molar-refractivity contribution < 1.29 is 13.2 Å². The number of carbonyl (C=O) groups is 1. The zero-order valence-corrected chi connectivity index (χ0v) is 19.7. The predicted molar refractivity (Wildman–Crippen MR) is 125 cm³/mol. The molecule has 2 aromatic carbocycles. The van der Waals surface area contributed by atoms with Crippen LogP contribution in [0.4, 0.5) is 5.69 Å². The van der Waals surface area contributed by atoms with Gasteiger partial charge in [0, 0.05) is 38.1 Å². The molecule has 1 aromatic heterocycles. The summed E-state index contributed by atoms with van der Waals surface area (Å²) >= 11 is 0. The van der Waals surface area contributed by atoms with Gasteiger partial charge in [-0.05, 0) is 62.7 Å². The highest BCUT2D eigenvalue weighted by atomic mass is 32.2. The maximum Gasteiger partial charge on any atom is 0.272 e. The summed E-state index contributed by atoms with van der Waals surface area (Å²) in [4.78, 5) is 17.8. The fourth-order valence-corrected chi connectivity index (χ4v) is 4.79. The lowest BCUT2D eigenvalue weighted by Gasteiger charge is -2.36. The lowest BCUT2D eigenvalue weighted by Crippen LogP contribution is -2.49. The van der Waals surface area contributed by atoms with Crippen molar-refractivity contribution in [2.45, 2.75) is 25.7 Å². The SMILES string of the molecule is Cc1ccc(N2CCN(C(=O)c3cc(C)nn3-c3ccc(S(C)(=O)=O)cc3)CC2)c(C)c1. The Morgan fingerprint density at radius 2 is 1.56 bits per heavy atom. The van der Waals surface area contributed by atoms with Gasteiger partial charge in [0.05, 0.1) is 16.3 Å². The first-order chi connectivity index (χ1) is 15.1. The van der Waals surface area contributed by atoms with Crippen LogP contribution in [0.1, 0.15) is 27.3 Å². The van der Waals surface area contributed by atoms with E-state index in [-0.39, 0.29) is 10.8 Å². The topological polar surface area (TPSA) is 75.5 Å². The third-order valence-electron chi connectivity index (χ3n) is 5.82. The Bertz CT molecular complexity index is 1250. The standard InChI is InChI=1S/C24H28N4O3S/c1-17-5-10-22(18(2)15-17)26-11-13-27(14-12-26)24(29)23-16-19(3)25-28(23)20-6-8-21(9-7-20)32(4,30)31/h5-10,15-16H,11-14H2,1-4H3.